The first-order valence-corrected chi connectivity index (χ1v) is 5.54. The van der Waals surface area contributed by atoms with Gasteiger partial charge in [0.1, 0.15) is 0 Å². The molecule has 5 heteroatoms. The van der Waals surface area contributed by atoms with Gasteiger partial charge in [0.15, 0.2) is 0 Å². The zero-order chi connectivity index (χ0) is 12.4. The van der Waals surface area contributed by atoms with Crippen LogP contribution in [-0.2, 0) is 16.0 Å². The van der Waals surface area contributed by atoms with E-state index in [2.05, 4.69) is 4.98 Å². The van der Waals surface area contributed by atoms with E-state index in [1.807, 2.05) is 0 Å². The minimum atomic E-state index is -0.831. The van der Waals surface area contributed by atoms with Crippen molar-refractivity contribution in [2.75, 3.05) is 13.7 Å². The van der Waals surface area contributed by atoms with Crippen LogP contribution in [0.4, 0.5) is 0 Å². The molecule has 1 aromatic rings. The summed E-state index contributed by atoms with van der Waals surface area (Å²) < 4.78 is 9.94. The Balaban J connectivity index is 2.22. The molecule has 1 aliphatic rings. The lowest BCUT2D eigenvalue weighted by molar-refractivity contribution is -0.151. The minimum absolute atomic E-state index is 0.319. The Morgan fingerprint density at radius 1 is 1.65 bits per heavy atom. The van der Waals surface area contributed by atoms with Crippen LogP contribution in [0.3, 0.4) is 0 Å². The third-order valence-corrected chi connectivity index (χ3v) is 2.94. The van der Waals surface area contributed by atoms with Crippen molar-refractivity contribution in [3.05, 3.63) is 23.4 Å². The van der Waals surface area contributed by atoms with E-state index in [0.717, 1.165) is 5.56 Å². The molecule has 0 saturated heterocycles. The third kappa shape index (κ3) is 2.10. The molecule has 2 atom stereocenters. The van der Waals surface area contributed by atoms with Gasteiger partial charge in [-0.15, -0.1) is 0 Å². The molecule has 0 radical (unpaired) electrons. The molecule has 0 aromatic carbocycles. The summed E-state index contributed by atoms with van der Waals surface area (Å²) in [5.41, 5.74) is 1.58. The van der Waals surface area contributed by atoms with E-state index in [-0.39, 0.29) is 5.97 Å². The molecule has 1 aromatic heterocycles. The first-order valence-electron chi connectivity index (χ1n) is 5.54. The summed E-state index contributed by atoms with van der Waals surface area (Å²) >= 11 is 0. The van der Waals surface area contributed by atoms with E-state index in [0.29, 0.717) is 24.5 Å². The average molecular weight is 237 g/mol. The summed E-state index contributed by atoms with van der Waals surface area (Å²) in [6, 6.07) is 1.75. The summed E-state index contributed by atoms with van der Waals surface area (Å²) in [6.45, 7) is 2.07. The number of carbonyl (C=O) groups is 1. The van der Waals surface area contributed by atoms with Crippen molar-refractivity contribution in [3.63, 3.8) is 0 Å². The van der Waals surface area contributed by atoms with E-state index < -0.39 is 12.0 Å². The van der Waals surface area contributed by atoms with Gasteiger partial charge in [-0.1, -0.05) is 0 Å². The number of pyridine rings is 1. The number of aliphatic hydroxyl groups is 1. The molecule has 0 spiro atoms. The summed E-state index contributed by atoms with van der Waals surface area (Å²) in [5.74, 6) is -0.408. The topological polar surface area (TPSA) is 68.7 Å². The Morgan fingerprint density at radius 3 is 3.06 bits per heavy atom. The number of ether oxygens (including phenoxy) is 2. The molecule has 0 fully saturated rings. The molecule has 2 rings (SSSR count). The van der Waals surface area contributed by atoms with Crippen molar-refractivity contribution in [1.29, 1.82) is 0 Å². The summed E-state index contributed by atoms with van der Waals surface area (Å²) in [5, 5.41) is 10.0. The predicted octanol–water partition coefficient (Wildman–Crippen LogP) is 0.859. The van der Waals surface area contributed by atoms with Gasteiger partial charge in [-0.05, 0) is 18.9 Å². The molecule has 0 amide bonds. The molecule has 1 aliphatic carbocycles. The fourth-order valence-electron chi connectivity index (χ4n) is 2.07. The molecule has 0 bridgehead atoms. The smallest absolute Gasteiger partial charge is 0.312 e. The number of fused-ring (bicyclic) bond motifs is 1. The highest BCUT2D eigenvalue weighted by Crippen LogP contribution is 2.37. The van der Waals surface area contributed by atoms with Crippen LogP contribution in [-0.4, -0.2) is 29.8 Å². The van der Waals surface area contributed by atoms with Crippen molar-refractivity contribution < 1.29 is 19.4 Å². The number of carbonyl (C=O) groups excluding carboxylic acids is 1. The van der Waals surface area contributed by atoms with E-state index in [1.54, 1.807) is 19.2 Å². The lowest BCUT2D eigenvalue weighted by atomic mass is 10.0. The number of nitrogens with zero attached hydrogens (tertiary/aromatic N) is 1. The van der Waals surface area contributed by atoms with Crippen LogP contribution in [0, 0.1) is 5.92 Å². The number of hydrogen-bond donors (Lipinski definition) is 1. The first-order chi connectivity index (χ1) is 8.17. The summed E-state index contributed by atoms with van der Waals surface area (Å²) in [4.78, 5) is 15.7. The van der Waals surface area contributed by atoms with Crippen LogP contribution in [0.1, 0.15) is 24.2 Å². The predicted molar refractivity (Wildman–Crippen MR) is 59.6 cm³/mol. The Kier molecular flexibility index (Phi) is 3.28. The Hall–Kier alpha value is -1.62. The van der Waals surface area contributed by atoms with E-state index in [4.69, 9.17) is 9.47 Å². The zero-order valence-corrected chi connectivity index (χ0v) is 9.84. The standard InChI is InChI=1S/C12H15NO4/c1-3-17-12(15)8-4-7-5-10(16-2)13-6-9(7)11(8)14/h5-6,8,11,14H,3-4H2,1-2H3. The van der Waals surface area contributed by atoms with Crippen molar-refractivity contribution in [2.45, 2.75) is 19.4 Å². The molecular weight excluding hydrogens is 222 g/mol. The highest BCUT2D eigenvalue weighted by molar-refractivity contribution is 5.75. The van der Waals surface area contributed by atoms with Gasteiger partial charge >= 0.3 is 5.97 Å². The first kappa shape index (κ1) is 11.9. The second kappa shape index (κ2) is 4.71. The summed E-state index contributed by atoms with van der Waals surface area (Å²) in [6.07, 6.45) is 1.19. The van der Waals surface area contributed by atoms with E-state index in [9.17, 15) is 9.90 Å². The SMILES string of the molecule is CCOC(=O)C1Cc2cc(OC)ncc2C1O. The monoisotopic (exact) mass is 237 g/mol. The highest BCUT2D eigenvalue weighted by Gasteiger charge is 2.37. The Labute approximate surface area is 99.4 Å². The van der Waals surface area contributed by atoms with Crippen molar-refractivity contribution in [2.24, 2.45) is 5.92 Å². The maximum Gasteiger partial charge on any atom is 0.312 e. The number of aromatic nitrogens is 1. The second-order valence-corrected chi connectivity index (χ2v) is 3.93. The van der Waals surface area contributed by atoms with Gasteiger partial charge in [0.25, 0.3) is 0 Å². The maximum absolute atomic E-state index is 11.6. The van der Waals surface area contributed by atoms with E-state index >= 15 is 0 Å². The lowest BCUT2D eigenvalue weighted by Crippen LogP contribution is -2.21. The molecule has 1 N–H and O–H groups in total. The van der Waals surface area contributed by atoms with Crippen LogP contribution >= 0.6 is 0 Å². The molecule has 0 aliphatic heterocycles. The largest absolute Gasteiger partial charge is 0.481 e. The Morgan fingerprint density at radius 2 is 2.41 bits per heavy atom. The summed E-state index contributed by atoms with van der Waals surface area (Å²) in [7, 11) is 1.53. The van der Waals surface area contributed by atoms with Gasteiger partial charge in [-0.25, -0.2) is 4.98 Å². The van der Waals surface area contributed by atoms with Crippen molar-refractivity contribution >= 4 is 5.97 Å². The Bertz CT molecular complexity index is 433. The van der Waals surface area contributed by atoms with Crippen LogP contribution < -0.4 is 4.74 Å². The number of rotatable bonds is 3. The fraction of sp³-hybridized carbons (Fsp3) is 0.500. The van der Waals surface area contributed by atoms with Gasteiger partial charge in [-0.2, -0.15) is 0 Å². The van der Waals surface area contributed by atoms with Crippen LogP contribution in [0.5, 0.6) is 5.88 Å². The van der Waals surface area contributed by atoms with Crippen LogP contribution in [0.15, 0.2) is 12.3 Å². The molecule has 5 nitrogen and oxygen atoms in total. The maximum atomic E-state index is 11.6. The normalized spacial score (nSPS) is 22.1. The number of methoxy groups -OCH3 is 1. The van der Waals surface area contributed by atoms with Crippen molar-refractivity contribution in [1.82, 2.24) is 4.98 Å². The van der Waals surface area contributed by atoms with Gasteiger partial charge in [-0.3, -0.25) is 4.79 Å². The lowest BCUT2D eigenvalue weighted by Gasteiger charge is -2.12. The van der Waals surface area contributed by atoms with Gasteiger partial charge in [0.05, 0.1) is 25.7 Å². The van der Waals surface area contributed by atoms with Crippen LogP contribution in [0.25, 0.3) is 0 Å². The second-order valence-electron chi connectivity index (χ2n) is 3.93. The molecule has 17 heavy (non-hydrogen) atoms. The van der Waals surface area contributed by atoms with Gasteiger partial charge in [0.2, 0.25) is 5.88 Å². The quantitative estimate of drug-likeness (QED) is 0.790. The number of hydrogen-bond acceptors (Lipinski definition) is 5. The fourth-order valence-corrected chi connectivity index (χ4v) is 2.07. The van der Waals surface area contributed by atoms with Gasteiger partial charge in [0, 0.05) is 17.8 Å². The molecule has 2 unspecified atom stereocenters. The highest BCUT2D eigenvalue weighted by atomic mass is 16.5. The third-order valence-electron chi connectivity index (χ3n) is 2.94. The van der Waals surface area contributed by atoms with Crippen LogP contribution in [0.2, 0.25) is 0 Å². The molecule has 1 heterocycles. The molecule has 92 valence electrons. The molecule has 0 saturated carbocycles. The van der Waals surface area contributed by atoms with Gasteiger partial charge < -0.3 is 14.6 Å². The average Bonchev–Trinajstić information content (AvgIpc) is 2.66. The number of esters is 1. The minimum Gasteiger partial charge on any atom is -0.481 e. The number of aliphatic hydroxyl groups excluding tert-OH is 1. The van der Waals surface area contributed by atoms with Crippen molar-refractivity contribution in [3.8, 4) is 5.88 Å². The zero-order valence-electron chi connectivity index (χ0n) is 9.84. The molecular formula is C12H15NO4. The van der Waals surface area contributed by atoms with E-state index in [1.165, 1.54) is 7.11 Å².